The van der Waals surface area contributed by atoms with Crippen molar-refractivity contribution in [1.82, 2.24) is 24.5 Å². The van der Waals surface area contributed by atoms with E-state index in [1.165, 1.54) is 6.26 Å². The second kappa shape index (κ2) is 7.25. The summed E-state index contributed by atoms with van der Waals surface area (Å²) in [5, 5.41) is 2.95. The van der Waals surface area contributed by atoms with Gasteiger partial charge in [-0.3, -0.25) is 4.98 Å². The summed E-state index contributed by atoms with van der Waals surface area (Å²) >= 11 is 0. The molecule has 0 aliphatic heterocycles. The minimum absolute atomic E-state index is 0.168. The van der Waals surface area contributed by atoms with Gasteiger partial charge in [-0.25, -0.2) is 18.4 Å². The average molecular weight is 418 g/mol. The first-order valence-electron chi connectivity index (χ1n) is 9.31. The lowest BCUT2D eigenvalue weighted by atomic mass is 10.2. The molecule has 0 aromatic carbocycles. The maximum absolute atomic E-state index is 11.8. The molecule has 0 saturated heterocycles. The smallest absolute Gasteiger partial charge is 0.224 e. The van der Waals surface area contributed by atoms with E-state index in [0.717, 1.165) is 16.9 Å². The number of aromatic nitrogens is 5. The molecule has 9 nitrogen and oxygen atoms in total. The third-order valence-electron chi connectivity index (χ3n) is 5.04. The molecule has 0 spiro atoms. The van der Waals surface area contributed by atoms with Crippen LogP contribution in [0.5, 0.6) is 0 Å². The van der Waals surface area contributed by atoms with Crippen LogP contribution in [0.3, 0.4) is 0 Å². The molecule has 3 heterocycles. The highest BCUT2D eigenvalue weighted by molar-refractivity contribution is 7.92. The molecule has 10 heteroatoms. The van der Waals surface area contributed by atoms with Crippen LogP contribution in [0.1, 0.15) is 39.6 Å². The summed E-state index contributed by atoms with van der Waals surface area (Å²) in [4.78, 5) is 17.6. The van der Waals surface area contributed by atoms with E-state index in [0.29, 0.717) is 11.3 Å². The highest BCUT2D eigenvalue weighted by Gasteiger charge is 2.30. The van der Waals surface area contributed by atoms with Gasteiger partial charge in [-0.2, -0.15) is 4.98 Å². The van der Waals surface area contributed by atoms with E-state index >= 15 is 0 Å². The van der Waals surface area contributed by atoms with Crippen molar-refractivity contribution in [2.75, 3.05) is 23.9 Å². The maximum atomic E-state index is 11.8. The first kappa shape index (κ1) is 21.0. The number of hydrogen-bond donors (Lipinski definition) is 2. The average Bonchev–Trinajstić information content (AvgIpc) is 2.94. The van der Waals surface area contributed by atoms with Crippen LogP contribution in [-0.2, 0) is 9.84 Å². The number of anilines is 2. The molecular formula is C19H27N7O2S. The van der Waals surface area contributed by atoms with Gasteiger partial charge in [0.05, 0.1) is 27.7 Å². The van der Waals surface area contributed by atoms with Gasteiger partial charge in [0.15, 0.2) is 9.84 Å². The Balaban J connectivity index is 1.92. The van der Waals surface area contributed by atoms with Crippen molar-refractivity contribution in [1.29, 1.82) is 0 Å². The lowest BCUT2D eigenvalue weighted by Crippen LogP contribution is -2.38. The van der Waals surface area contributed by atoms with E-state index in [4.69, 9.17) is 5.73 Å². The van der Waals surface area contributed by atoms with Crippen molar-refractivity contribution in [3.8, 4) is 11.3 Å². The number of hydrogen-bond acceptors (Lipinski definition) is 8. The summed E-state index contributed by atoms with van der Waals surface area (Å²) in [5.41, 5.74) is 9.20. The molecule has 0 bridgehead atoms. The molecule has 0 saturated carbocycles. The Morgan fingerprint density at radius 1 is 1.21 bits per heavy atom. The normalized spacial score (nSPS) is 12.7. The van der Waals surface area contributed by atoms with Crippen LogP contribution in [0.4, 0.5) is 11.8 Å². The fourth-order valence-corrected chi connectivity index (χ4v) is 3.35. The van der Waals surface area contributed by atoms with E-state index < -0.39 is 14.6 Å². The molecule has 3 rings (SSSR count). The van der Waals surface area contributed by atoms with Crippen molar-refractivity contribution in [3.63, 3.8) is 0 Å². The van der Waals surface area contributed by atoms with E-state index in [2.05, 4.69) is 43.7 Å². The van der Waals surface area contributed by atoms with Gasteiger partial charge in [0.25, 0.3) is 0 Å². The van der Waals surface area contributed by atoms with Crippen LogP contribution in [-0.4, -0.2) is 50.5 Å². The van der Waals surface area contributed by atoms with Gasteiger partial charge >= 0.3 is 0 Å². The molecule has 0 unspecified atom stereocenters. The molecule has 3 N–H and O–H groups in total. The van der Waals surface area contributed by atoms with Gasteiger partial charge < -0.3 is 15.6 Å². The second-order valence-electron chi connectivity index (χ2n) is 8.06. The Bertz CT molecular complexity index is 1170. The van der Waals surface area contributed by atoms with Crippen LogP contribution >= 0.6 is 0 Å². The van der Waals surface area contributed by atoms with Gasteiger partial charge in [-0.1, -0.05) is 0 Å². The van der Waals surface area contributed by atoms with Gasteiger partial charge in [-0.05, 0) is 40.7 Å². The third kappa shape index (κ3) is 4.02. The van der Waals surface area contributed by atoms with Crippen LogP contribution < -0.4 is 11.1 Å². The van der Waals surface area contributed by atoms with Crippen molar-refractivity contribution in [2.24, 2.45) is 0 Å². The van der Waals surface area contributed by atoms with E-state index in [-0.39, 0.29) is 24.4 Å². The lowest BCUT2D eigenvalue weighted by molar-refractivity contribution is 0.559. The zero-order valence-corrected chi connectivity index (χ0v) is 18.4. The largest absolute Gasteiger partial charge is 0.383 e. The monoisotopic (exact) mass is 417 g/mol. The molecular weight excluding hydrogens is 390 g/mol. The van der Waals surface area contributed by atoms with Gasteiger partial charge in [0.2, 0.25) is 5.95 Å². The minimum Gasteiger partial charge on any atom is -0.383 e. The maximum Gasteiger partial charge on any atom is 0.224 e. The number of sulfone groups is 1. The van der Waals surface area contributed by atoms with Crippen LogP contribution in [0.2, 0.25) is 0 Å². The number of pyridine rings is 1. The molecule has 0 fully saturated rings. The number of nitrogens with two attached hydrogens (primary N) is 1. The molecule has 0 amide bonds. The van der Waals surface area contributed by atoms with Gasteiger partial charge in [0.1, 0.15) is 17.2 Å². The molecule has 156 valence electrons. The molecule has 0 atom stereocenters. The third-order valence-corrected chi connectivity index (χ3v) is 7.19. The summed E-state index contributed by atoms with van der Waals surface area (Å²) in [5.74, 6) is 1.46. The Kier molecular flexibility index (Phi) is 5.24. The SMILES string of the molecule is Cc1nc2cnc(-c3cnc(NCC(C)(C)S(C)(=O)=O)nc3N)cc2n1C(C)C. The number of fused-ring (bicyclic) bond motifs is 1. The predicted octanol–water partition coefficient (Wildman–Crippen LogP) is 2.59. The van der Waals surface area contributed by atoms with Crippen molar-refractivity contribution in [3.05, 3.63) is 24.3 Å². The highest BCUT2D eigenvalue weighted by Crippen LogP contribution is 2.28. The molecule has 29 heavy (non-hydrogen) atoms. The first-order valence-corrected chi connectivity index (χ1v) is 11.2. The van der Waals surface area contributed by atoms with Crippen molar-refractivity contribution < 1.29 is 8.42 Å². The summed E-state index contributed by atoms with van der Waals surface area (Å²) in [6.45, 7) is 9.63. The number of nitrogens with zero attached hydrogens (tertiary/aromatic N) is 5. The minimum atomic E-state index is -3.23. The summed E-state index contributed by atoms with van der Waals surface area (Å²) < 4.78 is 24.9. The topological polar surface area (TPSA) is 129 Å². The Hall–Kier alpha value is -2.75. The predicted molar refractivity (Wildman–Crippen MR) is 116 cm³/mol. The zero-order chi connectivity index (χ0) is 21.6. The Labute approximate surface area is 170 Å². The fourth-order valence-electron chi connectivity index (χ4n) is 3.02. The molecule has 0 radical (unpaired) electrons. The standard InChI is InChI=1S/C19H27N7O2S/c1-11(2)26-12(3)24-15-9-21-14(7-16(15)26)13-8-22-18(25-17(13)20)23-10-19(4,5)29(6,27)28/h7-9,11H,10H2,1-6H3,(H3,20,22,23,25). The van der Waals surface area contributed by atoms with E-state index in [9.17, 15) is 8.42 Å². The van der Waals surface area contributed by atoms with Gasteiger partial charge in [-0.15, -0.1) is 0 Å². The highest BCUT2D eigenvalue weighted by atomic mass is 32.2. The molecule has 0 aliphatic rings. The van der Waals surface area contributed by atoms with Crippen LogP contribution in [0, 0.1) is 6.92 Å². The van der Waals surface area contributed by atoms with Crippen LogP contribution in [0.15, 0.2) is 18.5 Å². The van der Waals surface area contributed by atoms with E-state index in [1.807, 2.05) is 13.0 Å². The first-order chi connectivity index (χ1) is 13.4. The quantitative estimate of drug-likeness (QED) is 0.626. The lowest BCUT2D eigenvalue weighted by Gasteiger charge is -2.22. The van der Waals surface area contributed by atoms with E-state index in [1.54, 1.807) is 26.2 Å². The number of rotatable bonds is 6. The molecule has 0 aliphatic carbocycles. The summed E-state index contributed by atoms with van der Waals surface area (Å²) in [7, 11) is -3.23. The number of nitrogens with one attached hydrogen (secondary N) is 1. The van der Waals surface area contributed by atoms with Gasteiger partial charge in [0, 0.05) is 25.0 Å². The van der Waals surface area contributed by atoms with Crippen molar-refractivity contribution in [2.45, 2.75) is 45.4 Å². The molecule has 3 aromatic rings. The van der Waals surface area contributed by atoms with Crippen LogP contribution in [0.25, 0.3) is 22.3 Å². The fraction of sp³-hybridized carbons (Fsp3) is 0.474. The Morgan fingerprint density at radius 3 is 2.48 bits per heavy atom. The number of imidazole rings is 1. The number of nitrogen functional groups attached to an aromatic ring is 1. The summed E-state index contributed by atoms with van der Waals surface area (Å²) in [6, 6.07) is 2.19. The number of aryl methyl sites for hydroxylation is 1. The summed E-state index contributed by atoms with van der Waals surface area (Å²) in [6.07, 6.45) is 4.52. The zero-order valence-electron chi connectivity index (χ0n) is 17.6. The van der Waals surface area contributed by atoms with Crippen molar-refractivity contribution >= 4 is 32.6 Å². The molecule has 3 aromatic heterocycles. The second-order valence-corrected chi connectivity index (χ2v) is 10.7. The Morgan fingerprint density at radius 2 is 1.90 bits per heavy atom.